The minimum absolute atomic E-state index is 1.19. The van der Waals surface area contributed by atoms with Crippen LogP contribution in [0.25, 0.3) is 10.9 Å². The van der Waals surface area contributed by atoms with Gasteiger partial charge in [-0.25, -0.2) is 9.66 Å². The first-order valence-electron chi connectivity index (χ1n) is 4.50. The maximum absolute atomic E-state index is 4.03. The molecule has 3 aromatic rings. The second-order valence-corrected chi connectivity index (χ2v) is 3.16. The second-order valence-electron chi connectivity index (χ2n) is 3.16. The Bertz CT molecular complexity index is 549. The third-order valence-corrected chi connectivity index (χ3v) is 2.32. The zero-order valence-electron chi connectivity index (χ0n) is 7.54. The van der Waals surface area contributed by atoms with E-state index < -0.39 is 0 Å². The van der Waals surface area contributed by atoms with Crippen LogP contribution >= 0.6 is 0 Å². The predicted molar refractivity (Wildman–Crippen MR) is 55.0 cm³/mol. The summed E-state index contributed by atoms with van der Waals surface area (Å²) < 4.78 is 4.00. The number of imidazole rings is 1. The van der Waals surface area contributed by atoms with E-state index in [2.05, 4.69) is 27.9 Å². The van der Waals surface area contributed by atoms with Crippen LogP contribution in [0.4, 0.5) is 0 Å². The van der Waals surface area contributed by atoms with Crippen LogP contribution in [0.15, 0.2) is 55.2 Å². The Hall–Kier alpha value is -2.03. The molecule has 0 fully saturated rings. The van der Waals surface area contributed by atoms with Gasteiger partial charge in [-0.05, 0) is 12.1 Å². The average molecular weight is 183 g/mol. The quantitative estimate of drug-likeness (QED) is 0.566. The molecule has 0 radical (unpaired) electrons. The molecule has 3 heteroatoms. The largest absolute Gasteiger partial charge is 0.255 e. The summed E-state index contributed by atoms with van der Waals surface area (Å²) >= 11 is 0. The topological polar surface area (TPSA) is 22.8 Å². The number of hydrogen-bond acceptors (Lipinski definition) is 1. The van der Waals surface area contributed by atoms with Crippen molar-refractivity contribution in [1.29, 1.82) is 0 Å². The molecule has 1 aromatic carbocycles. The van der Waals surface area contributed by atoms with Gasteiger partial charge in [0.05, 0.1) is 5.52 Å². The standard InChI is InChI=1S/C11H9N3/c1-2-4-11-10(3-1)5-7-14(11)13-8-6-12-9-13/h1-9H. The van der Waals surface area contributed by atoms with Crippen LogP contribution in [0.5, 0.6) is 0 Å². The Balaban J connectivity index is 2.33. The molecule has 0 aliphatic rings. The Kier molecular flexibility index (Phi) is 1.44. The zero-order chi connectivity index (χ0) is 9.38. The smallest absolute Gasteiger partial charge is 0.115 e. The lowest BCUT2D eigenvalue weighted by Gasteiger charge is -2.04. The first-order valence-corrected chi connectivity index (χ1v) is 4.50. The Labute approximate surface area is 81.2 Å². The molecule has 3 rings (SSSR count). The van der Waals surface area contributed by atoms with Gasteiger partial charge in [-0.3, -0.25) is 4.68 Å². The second kappa shape index (κ2) is 2.73. The molecule has 14 heavy (non-hydrogen) atoms. The third-order valence-electron chi connectivity index (χ3n) is 2.32. The van der Waals surface area contributed by atoms with E-state index >= 15 is 0 Å². The van der Waals surface area contributed by atoms with Crippen molar-refractivity contribution >= 4 is 10.9 Å². The molecule has 0 unspecified atom stereocenters. The van der Waals surface area contributed by atoms with Gasteiger partial charge in [-0.1, -0.05) is 18.2 Å². The number of aromatic nitrogens is 3. The van der Waals surface area contributed by atoms with Crippen molar-refractivity contribution in [3.05, 3.63) is 55.2 Å². The fourth-order valence-electron chi connectivity index (χ4n) is 1.65. The van der Waals surface area contributed by atoms with Crippen LogP contribution in [0.2, 0.25) is 0 Å². The highest BCUT2D eigenvalue weighted by Gasteiger charge is 1.99. The maximum Gasteiger partial charge on any atom is 0.115 e. The molecule has 0 aliphatic heterocycles. The number of rotatable bonds is 1. The fraction of sp³-hybridized carbons (Fsp3) is 0. The summed E-state index contributed by atoms with van der Waals surface area (Å²) in [5, 5.41) is 1.24. The molecule has 0 bridgehead atoms. The highest BCUT2D eigenvalue weighted by molar-refractivity contribution is 5.79. The van der Waals surface area contributed by atoms with E-state index in [0.29, 0.717) is 0 Å². The summed E-state index contributed by atoms with van der Waals surface area (Å²) in [4.78, 5) is 4.03. The first-order chi connectivity index (χ1) is 6.95. The van der Waals surface area contributed by atoms with E-state index in [4.69, 9.17) is 0 Å². The van der Waals surface area contributed by atoms with Crippen molar-refractivity contribution in [1.82, 2.24) is 14.3 Å². The molecular formula is C11H9N3. The summed E-state index contributed by atoms with van der Waals surface area (Å²) in [6.07, 6.45) is 7.51. The van der Waals surface area contributed by atoms with Crippen LogP contribution in [0.3, 0.4) is 0 Å². The summed E-state index contributed by atoms with van der Waals surface area (Å²) in [6, 6.07) is 10.4. The molecular weight excluding hydrogens is 174 g/mol. The van der Waals surface area contributed by atoms with Crippen molar-refractivity contribution in [3.63, 3.8) is 0 Å². The van der Waals surface area contributed by atoms with E-state index in [0.717, 1.165) is 0 Å². The number of hydrogen-bond donors (Lipinski definition) is 0. The van der Waals surface area contributed by atoms with Crippen LogP contribution in [0, 0.1) is 0 Å². The van der Waals surface area contributed by atoms with Crippen LogP contribution < -0.4 is 0 Å². The number of para-hydroxylation sites is 1. The van der Waals surface area contributed by atoms with Gasteiger partial charge < -0.3 is 0 Å². The molecule has 0 amide bonds. The third kappa shape index (κ3) is 0.956. The van der Waals surface area contributed by atoms with Crippen LogP contribution in [-0.2, 0) is 0 Å². The molecule has 0 saturated carbocycles. The monoisotopic (exact) mass is 183 g/mol. The van der Waals surface area contributed by atoms with E-state index in [9.17, 15) is 0 Å². The molecule has 3 nitrogen and oxygen atoms in total. The highest BCUT2D eigenvalue weighted by Crippen LogP contribution is 2.14. The first kappa shape index (κ1) is 7.38. The number of benzene rings is 1. The van der Waals surface area contributed by atoms with Gasteiger partial charge in [0.2, 0.25) is 0 Å². The number of fused-ring (bicyclic) bond motifs is 1. The Morgan fingerprint density at radius 3 is 2.79 bits per heavy atom. The van der Waals surface area contributed by atoms with Crippen molar-refractivity contribution in [2.75, 3.05) is 0 Å². The van der Waals surface area contributed by atoms with Gasteiger partial charge in [0.1, 0.15) is 6.33 Å². The molecule has 0 spiro atoms. The zero-order valence-corrected chi connectivity index (χ0v) is 7.54. The van der Waals surface area contributed by atoms with Crippen molar-refractivity contribution in [3.8, 4) is 0 Å². The maximum atomic E-state index is 4.03. The van der Waals surface area contributed by atoms with Gasteiger partial charge in [0, 0.05) is 24.0 Å². The fourth-order valence-corrected chi connectivity index (χ4v) is 1.65. The molecule has 0 N–H and O–H groups in total. The van der Waals surface area contributed by atoms with Crippen molar-refractivity contribution in [2.24, 2.45) is 0 Å². The molecule has 2 aromatic heterocycles. The number of nitrogens with zero attached hydrogens (tertiary/aromatic N) is 3. The molecule has 2 heterocycles. The van der Waals surface area contributed by atoms with Gasteiger partial charge in [0.15, 0.2) is 0 Å². The molecule has 0 aliphatic carbocycles. The predicted octanol–water partition coefficient (Wildman–Crippen LogP) is 2.15. The highest BCUT2D eigenvalue weighted by atomic mass is 15.5. The van der Waals surface area contributed by atoms with Gasteiger partial charge in [0.25, 0.3) is 0 Å². The normalized spacial score (nSPS) is 10.9. The summed E-state index contributed by atoms with van der Waals surface area (Å²) in [5.41, 5.74) is 1.19. The van der Waals surface area contributed by atoms with E-state index in [1.807, 2.05) is 29.2 Å². The van der Waals surface area contributed by atoms with Crippen molar-refractivity contribution in [2.45, 2.75) is 0 Å². The van der Waals surface area contributed by atoms with Gasteiger partial charge in [-0.15, -0.1) is 0 Å². The molecule has 0 saturated heterocycles. The summed E-state index contributed by atoms with van der Waals surface area (Å²) in [6.45, 7) is 0. The van der Waals surface area contributed by atoms with Gasteiger partial charge in [-0.2, -0.15) is 0 Å². The lowest BCUT2D eigenvalue weighted by atomic mass is 10.3. The lowest BCUT2D eigenvalue weighted by molar-refractivity contribution is 0.686. The Morgan fingerprint density at radius 2 is 1.93 bits per heavy atom. The van der Waals surface area contributed by atoms with Crippen LogP contribution in [-0.4, -0.2) is 14.3 Å². The summed E-state index contributed by atoms with van der Waals surface area (Å²) in [7, 11) is 0. The minimum atomic E-state index is 1.19. The lowest BCUT2D eigenvalue weighted by Crippen LogP contribution is -2.03. The molecule has 68 valence electrons. The van der Waals surface area contributed by atoms with Crippen molar-refractivity contribution < 1.29 is 0 Å². The minimum Gasteiger partial charge on any atom is -0.255 e. The average Bonchev–Trinajstić information content (AvgIpc) is 2.85. The summed E-state index contributed by atoms with van der Waals surface area (Å²) in [5.74, 6) is 0. The van der Waals surface area contributed by atoms with E-state index in [1.54, 1.807) is 12.5 Å². The van der Waals surface area contributed by atoms with Crippen LogP contribution in [0.1, 0.15) is 0 Å². The molecule has 0 atom stereocenters. The SMILES string of the molecule is c1ccc2c(c1)ccn2-n1ccnc1. The van der Waals surface area contributed by atoms with E-state index in [1.165, 1.54) is 10.9 Å². The van der Waals surface area contributed by atoms with E-state index in [-0.39, 0.29) is 0 Å². The Morgan fingerprint density at radius 1 is 1.00 bits per heavy atom. The van der Waals surface area contributed by atoms with Gasteiger partial charge >= 0.3 is 0 Å².